The molecule has 0 aliphatic carbocycles. The van der Waals surface area contributed by atoms with Crippen molar-refractivity contribution in [3.8, 4) is 5.75 Å². The van der Waals surface area contributed by atoms with E-state index in [1.807, 2.05) is 38.1 Å². The van der Waals surface area contributed by atoms with E-state index in [2.05, 4.69) is 0 Å². The van der Waals surface area contributed by atoms with Gasteiger partial charge in [0, 0.05) is 12.7 Å². The molecule has 110 valence electrons. The van der Waals surface area contributed by atoms with Gasteiger partial charge in [-0.1, -0.05) is 23.8 Å². The van der Waals surface area contributed by atoms with Crippen molar-refractivity contribution in [2.75, 3.05) is 12.8 Å². The predicted octanol–water partition coefficient (Wildman–Crippen LogP) is 3.12. The maximum Gasteiger partial charge on any atom is 0.257 e. The Morgan fingerprint density at radius 3 is 2.62 bits per heavy atom. The molecule has 4 nitrogen and oxygen atoms in total. The maximum atomic E-state index is 12.6. The maximum absolute atomic E-state index is 12.6. The van der Waals surface area contributed by atoms with Crippen molar-refractivity contribution >= 4 is 11.6 Å². The molecule has 1 atom stereocenters. The van der Waals surface area contributed by atoms with Crippen LogP contribution in [0.3, 0.4) is 0 Å². The zero-order chi connectivity index (χ0) is 15.6. The number of benzene rings is 2. The fraction of sp³-hybridized carbons (Fsp3) is 0.235. The van der Waals surface area contributed by atoms with Gasteiger partial charge in [0.1, 0.15) is 5.75 Å². The minimum atomic E-state index is -0.217. The van der Waals surface area contributed by atoms with Crippen LogP contribution in [0.5, 0.6) is 5.75 Å². The first-order valence-corrected chi connectivity index (χ1v) is 6.82. The third kappa shape index (κ3) is 3.16. The van der Waals surface area contributed by atoms with Gasteiger partial charge in [-0.15, -0.1) is 0 Å². The average Bonchev–Trinajstić information content (AvgIpc) is 2.47. The molecule has 0 fully saturated rings. The standard InChI is InChI=1S/C17H20N2O2/c1-11-7-8-16(20)15(9-11)17(21)19(3)12(2)13-5-4-6-14(18)10-13/h4-10,12,20H,18H2,1-3H3. The fourth-order valence-corrected chi connectivity index (χ4v) is 2.23. The molecule has 0 aliphatic heterocycles. The number of amides is 1. The molecule has 3 N–H and O–H groups in total. The normalized spacial score (nSPS) is 12.0. The topological polar surface area (TPSA) is 66.6 Å². The lowest BCUT2D eigenvalue weighted by atomic mass is 10.0. The summed E-state index contributed by atoms with van der Waals surface area (Å²) in [5, 5.41) is 9.88. The second kappa shape index (κ2) is 5.87. The monoisotopic (exact) mass is 284 g/mol. The quantitative estimate of drug-likeness (QED) is 0.851. The second-order valence-electron chi connectivity index (χ2n) is 5.28. The minimum absolute atomic E-state index is 0.00257. The van der Waals surface area contributed by atoms with E-state index in [9.17, 15) is 9.90 Å². The highest BCUT2D eigenvalue weighted by molar-refractivity contribution is 5.97. The molecule has 1 amide bonds. The van der Waals surface area contributed by atoms with Gasteiger partial charge in [-0.05, 0) is 43.7 Å². The molecule has 0 spiro atoms. The van der Waals surface area contributed by atoms with Crippen molar-refractivity contribution in [2.24, 2.45) is 0 Å². The molecule has 1 unspecified atom stereocenters. The Hall–Kier alpha value is -2.49. The molecule has 0 radical (unpaired) electrons. The minimum Gasteiger partial charge on any atom is -0.507 e. The van der Waals surface area contributed by atoms with E-state index in [4.69, 9.17) is 5.73 Å². The van der Waals surface area contributed by atoms with Gasteiger partial charge in [0.2, 0.25) is 0 Å². The number of hydrogen-bond acceptors (Lipinski definition) is 3. The number of carbonyl (C=O) groups excluding carboxylic acids is 1. The Morgan fingerprint density at radius 2 is 1.95 bits per heavy atom. The number of hydrogen-bond donors (Lipinski definition) is 2. The van der Waals surface area contributed by atoms with E-state index >= 15 is 0 Å². The summed E-state index contributed by atoms with van der Waals surface area (Å²) in [6, 6.07) is 12.3. The van der Waals surface area contributed by atoms with E-state index in [-0.39, 0.29) is 17.7 Å². The van der Waals surface area contributed by atoms with Crippen LogP contribution < -0.4 is 5.73 Å². The first-order valence-electron chi connectivity index (χ1n) is 6.82. The lowest BCUT2D eigenvalue weighted by Crippen LogP contribution is -2.29. The first kappa shape index (κ1) is 14.9. The number of carbonyl (C=O) groups is 1. The molecule has 4 heteroatoms. The van der Waals surface area contributed by atoms with Gasteiger partial charge >= 0.3 is 0 Å². The van der Waals surface area contributed by atoms with E-state index in [1.54, 1.807) is 30.1 Å². The number of phenols is 1. The van der Waals surface area contributed by atoms with Gasteiger partial charge in [-0.25, -0.2) is 0 Å². The van der Waals surface area contributed by atoms with E-state index < -0.39 is 0 Å². The van der Waals surface area contributed by atoms with Gasteiger partial charge in [0.15, 0.2) is 0 Å². The summed E-state index contributed by atoms with van der Waals surface area (Å²) in [7, 11) is 1.72. The van der Waals surface area contributed by atoms with Crippen LogP contribution in [0.1, 0.15) is 34.5 Å². The lowest BCUT2D eigenvalue weighted by Gasteiger charge is -2.26. The van der Waals surface area contributed by atoms with Crippen LogP contribution in [-0.4, -0.2) is 23.0 Å². The molecule has 0 bridgehead atoms. The molecular formula is C17H20N2O2. The summed E-state index contributed by atoms with van der Waals surface area (Å²) in [5.74, 6) is -0.219. The van der Waals surface area contributed by atoms with Gasteiger partial charge in [-0.2, -0.15) is 0 Å². The van der Waals surface area contributed by atoms with Crippen LogP contribution in [0, 0.1) is 6.92 Å². The van der Waals surface area contributed by atoms with Crippen LogP contribution in [0.4, 0.5) is 5.69 Å². The van der Waals surface area contributed by atoms with E-state index in [0.717, 1.165) is 11.1 Å². The molecule has 0 aliphatic rings. The van der Waals surface area contributed by atoms with Crippen molar-refractivity contribution in [3.63, 3.8) is 0 Å². The van der Waals surface area contributed by atoms with Crippen molar-refractivity contribution in [2.45, 2.75) is 19.9 Å². The van der Waals surface area contributed by atoms with Crippen molar-refractivity contribution in [1.82, 2.24) is 4.90 Å². The van der Waals surface area contributed by atoms with Crippen LogP contribution in [-0.2, 0) is 0 Å². The molecule has 0 saturated heterocycles. The van der Waals surface area contributed by atoms with Crippen LogP contribution in [0.25, 0.3) is 0 Å². The number of phenolic OH excluding ortho intramolecular Hbond substituents is 1. The number of nitrogen functional groups attached to an aromatic ring is 1. The van der Waals surface area contributed by atoms with Crippen LogP contribution >= 0.6 is 0 Å². The number of rotatable bonds is 3. The smallest absolute Gasteiger partial charge is 0.257 e. The second-order valence-corrected chi connectivity index (χ2v) is 5.28. The summed E-state index contributed by atoms with van der Waals surface area (Å²) in [6.07, 6.45) is 0. The Kier molecular flexibility index (Phi) is 4.17. The third-order valence-corrected chi connectivity index (χ3v) is 3.68. The fourth-order valence-electron chi connectivity index (χ4n) is 2.23. The molecule has 2 rings (SSSR count). The average molecular weight is 284 g/mol. The highest BCUT2D eigenvalue weighted by Crippen LogP contribution is 2.25. The first-order chi connectivity index (χ1) is 9.90. The van der Waals surface area contributed by atoms with Crippen LogP contribution in [0.2, 0.25) is 0 Å². The summed E-state index contributed by atoms with van der Waals surface area (Å²) >= 11 is 0. The van der Waals surface area contributed by atoms with Gasteiger partial charge in [0.05, 0.1) is 11.6 Å². The molecule has 2 aromatic rings. The summed E-state index contributed by atoms with van der Waals surface area (Å²) in [4.78, 5) is 14.2. The Balaban J connectivity index is 2.28. The highest BCUT2D eigenvalue weighted by Gasteiger charge is 2.21. The zero-order valence-corrected chi connectivity index (χ0v) is 12.5. The summed E-state index contributed by atoms with van der Waals surface area (Å²) in [6.45, 7) is 3.82. The molecule has 0 saturated carbocycles. The van der Waals surface area contributed by atoms with Crippen molar-refractivity contribution < 1.29 is 9.90 Å². The third-order valence-electron chi connectivity index (χ3n) is 3.68. The summed E-state index contributed by atoms with van der Waals surface area (Å²) < 4.78 is 0. The zero-order valence-electron chi connectivity index (χ0n) is 12.5. The number of aryl methyl sites for hydroxylation is 1. The number of aromatic hydroxyl groups is 1. The summed E-state index contributed by atoms with van der Waals surface area (Å²) in [5.41, 5.74) is 8.65. The van der Waals surface area contributed by atoms with Gasteiger partial charge < -0.3 is 15.7 Å². The van der Waals surface area contributed by atoms with Gasteiger partial charge in [-0.3, -0.25) is 4.79 Å². The SMILES string of the molecule is Cc1ccc(O)c(C(=O)N(C)C(C)c2cccc(N)c2)c1. The molecule has 0 aromatic heterocycles. The molecule has 2 aromatic carbocycles. The number of nitrogens with zero attached hydrogens (tertiary/aromatic N) is 1. The Bertz CT molecular complexity index is 668. The van der Waals surface area contributed by atoms with E-state index in [0.29, 0.717) is 11.3 Å². The predicted molar refractivity (Wildman–Crippen MR) is 84.2 cm³/mol. The lowest BCUT2D eigenvalue weighted by molar-refractivity contribution is 0.0739. The number of anilines is 1. The van der Waals surface area contributed by atoms with E-state index in [1.165, 1.54) is 0 Å². The molecular weight excluding hydrogens is 264 g/mol. The Morgan fingerprint density at radius 1 is 1.24 bits per heavy atom. The van der Waals surface area contributed by atoms with Crippen molar-refractivity contribution in [3.05, 3.63) is 59.2 Å². The largest absolute Gasteiger partial charge is 0.507 e. The number of nitrogens with two attached hydrogens (primary N) is 1. The van der Waals surface area contributed by atoms with Crippen molar-refractivity contribution in [1.29, 1.82) is 0 Å². The Labute approximate surface area is 124 Å². The highest BCUT2D eigenvalue weighted by atomic mass is 16.3. The van der Waals surface area contributed by atoms with Gasteiger partial charge in [0.25, 0.3) is 5.91 Å². The van der Waals surface area contributed by atoms with Crippen LogP contribution in [0.15, 0.2) is 42.5 Å². The molecule has 0 heterocycles. The molecule has 21 heavy (non-hydrogen) atoms.